The molecule has 10 heteroatoms. The molecule has 5 aromatic heterocycles. The zero-order valence-corrected chi connectivity index (χ0v) is 53.1. The van der Waals surface area contributed by atoms with Gasteiger partial charge in [0.2, 0.25) is 0 Å². The van der Waals surface area contributed by atoms with Crippen LogP contribution in [0.1, 0.15) is 242 Å². The molecule has 0 saturated heterocycles. The highest BCUT2D eigenvalue weighted by molar-refractivity contribution is 5.99. The fourth-order valence-corrected chi connectivity index (χ4v) is 12.6. The van der Waals surface area contributed by atoms with Crippen molar-refractivity contribution in [3.63, 3.8) is 0 Å². The number of ether oxygens (including phenoxy) is 2. The lowest BCUT2D eigenvalue weighted by Gasteiger charge is -2.09. The molecule has 2 aromatic carbocycles. The largest absolute Gasteiger partial charge is 0.494 e. The van der Waals surface area contributed by atoms with Crippen molar-refractivity contribution >= 4 is 46.4 Å². The normalized spacial score (nSPS) is 12.0. The summed E-state index contributed by atoms with van der Waals surface area (Å²) in [6.45, 7) is 6.03. The summed E-state index contributed by atoms with van der Waals surface area (Å²) in [7, 11) is 4.08. The van der Waals surface area contributed by atoms with E-state index in [2.05, 4.69) is 130 Å². The molecule has 10 nitrogen and oxygen atoms in total. The van der Waals surface area contributed by atoms with Gasteiger partial charge in [-0.15, -0.1) is 0 Å². The molecule has 7 heterocycles. The highest BCUT2D eigenvalue weighted by Crippen LogP contribution is 2.39. The molecule has 2 aliphatic rings. The van der Waals surface area contributed by atoms with Crippen molar-refractivity contribution in [2.45, 2.75) is 219 Å². The van der Waals surface area contributed by atoms with Gasteiger partial charge in [-0.1, -0.05) is 231 Å². The molecule has 86 heavy (non-hydrogen) atoms. The number of hydrogen-bond acceptors (Lipinski definition) is 6. The third-order valence-electron chi connectivity index (χ3n) is 17.7. The monoisotopic (exact) mass is 1160 g/mol. The van der Waals surface area contributed by atoms with Gasteiger partial charge in [0.25, 0.3) is 0 Å². The second-order valence-electron chi connectivity index (χ2n) is 24.6. The predicted octanol–water partition coefficient (Wildman–Crippen LogP) is 22.1. The van der Waals surface area contributed by atoms with Crippen molar-refractivity contribution in [1.29, 1.82) is 0 Å². The highest BCUT2D eigenvalue weighted by atomic mass is 16.5. The Morgan fingerprint density at radius 3 is 0.872 bits per heavy atom. The molecule has 0 saturated carbocycles. The molecule has 9 rings (SSSR count). The van der Waals surface area contributed by atoms with Crippen molar-refractivity contribution in [2.75, 3.05) is 13.2 Å². The Morgan fingerprint density at radius 1 is 0.326 bits per heavy atom. The van der Waals surface area contributed by atoms with Crippen molar-refractivity contribution in [2.24, 2.45) is 14.1 Å². The maximum absolute atomic E-state index is 6.36. The molecule has 8 bridgehead atoms. The maximum atomic E-state index is 6.36. The average molecular weight is 1160 g/mol. The fourth-order valence-electron chi connectivity index (χ4n) is 12.6. The molecule has 0 fully saturated rings. The van der Waals surface area contributed by atoms with E-state index in [-0.39, 0.29) is 0 Å². The lowest BCUT2D eigenvalue weighted by Crippen LogP contribution is -1.97. The third kappa shape index (κ3) is 18.5. The van der Waals surface area contributed by atoms with Gasteiger partial charge in [0, 0.05) is 61.0 Å². The molecule has 0 amide bonds. The predicted molar refractivity (Wildman–Crippen MR) is 364 cm³/mol. The second-order valence-corrected chi connectivity index (χ2v) is 24.6. The quantitative estimate of drug-likeness (QED) is 0.0370. The second kappa shape index (κ2) is 35.0. The van der Waals surface area contributed by atoms with E-state index in [1.165, 1.54) is 193 Å². The molecule has 0 radical (unpaired) electrons. The van der Waals surface area contributed by atoms with Gasteiger partial charge in [0.1, 0.15) is 23.1 Å². The Hall–Kier alpha value is -6.94. The third-order valence-corrected chi connectivity index (χ3v) is 17.7. The van der Waals surface area contributed by atoms with E-state index in [4.69, 9.17) is 29.4 Å². The highest BCUT2D eigenvalue weighted by Gasteiger charge is 2.21. The number of nitrogens with zero attached hydrogens (tertiary/aromatic N) is 6. The minimum absolute atomic E-state index is 0.720. The lowest BCUT2D eigenvalue weighted by molar-refractivity contribution is 0.304. The molecular weight excluding hydrogens is 1060 g/mol. The van der Waals surface area contributed by atoms with Gasteiger partial charge < -0.3 is 28.6 Å². The number of H-pyrrole nitrogens is 2. The molecule has 0 spiro atoms. The molecule has 2 aliphatic heterocycles. The van der Waals surface area contributed by atoms with Crippen LogP contribution in [0.5, 0.6) is 11.5 Å². The summed E-state index contributed by atoms with van der Waals surface area (Å²) in [6, 6.07) is 25.7. The summed E-state index contributed by atoms with van der Waals surface area (Å²) in [5.74, 6) is 3.39. The summed E-state index contributed by atoms with van der Waals surface area (Å²) in [6.07, 6.45) is 59.6. The SMILES string of the molecule is CCCCCCCCCCCCCCCCCCOc1ccc(-c2c3nc(c(-c4nccn4C)c4ccc([nH]4)c(-c4ccc(OCCCCCCCCCCCCCCCCCC)cc4)c4nc(c(-c5nccn5C)c5ccc2[nH]5)C=C4)C=C3)cc1. The molecule has 0 aliphatic carbocycles. The van der Waals surface area contributed by atoms with E-state index in [0.717, 1.165) is 127 Å². The fraction of sp³-hybridized carbons (Fsp3) is 0.500. The van der Waals surface area contributed by atoms with Crippen LogP contribution >= 0.6 is 0 Å². The van der Waals surface area contributed by atoms with Gasteiger partial charge in [-0.2, -0.15) is 0 Å². The molecule has 7 aromatic rings. The van der Waals surface area contributed by atoms with Crippen molar-refractivity contribution in [3.8, 4) is 56.5 Å². The molecular formula is C76H102N8O2. The minimum Gasteiger partial charge on any atom is -0.494 e. The average Bonchev–Trinajstić information content (AvgIpc) is 4.64. The number of hydrogen-bond donors (Lipinski definition) is 2. The number of nitrogens with one attached hydrogen (secondary N) is 2. The standard InChI is InChI=1S/C76H102N8O2/c1-5-7-9-11-13-15-17-19-21-23-25-27-29-31-33-35-57-85-61-41-37-59(38-42-61)71-63-45-49-67(79-63)73(75-77-53-55-83(75)3)69-51-47-65(81-69)72(66-48-52-70(82-66)74(68-50-46-64(71)80-68)76-78-54-56-84(76)4)60-39-43-62(44-40-60)86-58-36-34-32-30-28-26-24-22-20-18-16-14-12-10-8-6-2/h37-56,79,82H,5-36,57-58H2,1-4H3. The molecule has 458 valence electrons. The first-order chi connectivity index (χ1) is 42.5. The van der Waals surface area contributed by atoms with Gasteiger partial charge in [0.15, 0.2) is 0 Å². The van der Waals surface area contributed by atoms with Crippen LogP contribution < -0.4 is 9.47 Å². The first-order valence-electron chi connectivity index (χ1n) is 34.1. The number of benzene rings is 2. The number of fused-ring (bicyclic) bond motifs is 8. The van der Waals surface area contributed by atoms with Crippen LogP contribution in [0.3, 0.4) is 0 Å². The number of imidazole rings is 2. The van der Waals surface area contributed by atoms with E-state index in [9.17, 15) is 0 Å². The zero-order chi connectivity index (χ0) is 59.4. The van der Waals surface area contributed by atoms with Crippen LogP contribution in [0.25, 0.3) is 91.4 Å². The van der Waals surface area contributed by atoms with Gasteiger partial charge in [-0.05, 0) is 96.8 Å². The van der Waals surface area contributed by atoms with Crippen molar-refractivity contribution in [3.05, 3.63) is 120 Å². The van der Waals surface area contributed by atoms with E-state index in [1.807, 2.05) is 38.9 Å². The summed E-state index contributed by atoms with van der Waals surface area (Å²) in [5.41, 5.74) is 12.8. The Balaban J connectivity index is 0.898. The summed E-state index contributed by atoms with van der Waals surface area (Å²) < 4.78 is 16.8. The van der Waals surface area contributed by atoms with E-state index in [0.29, 0.717) is 0 Å². The van der Waals surface area contributed by atoms with Gasteiger partial charge in [0.05, 0.1) is 58.1 Å². The maximum Gasteiger partial charge on any atom is 0.143 e. The Morgan fingerprint density at radius 2 is 0.593 bits per heavy atom. The van der Waals surface area contributed by atoms with E-state index in [1.54, 1.807) is 0 Å². The molecule has 0 unspecified atom stereocenters. The molecule has 2 N–H and O–H groups in total. The van der Waals surface area contributed by atoms with Crippen LogP contribution in [-0.2, 0) is 14.1 Å². The Labute approximate surface area is 515 Å². The van der Waals surface area contributed by atoms with Crippen LogP contribution in [0.15, 0.2) is 97.6 Å². The zero-order valence-electron chi connectivity index (χ0n) is 53.1. The Kier molecular flexibility index (Phi) is 25.9. The number of aromatic amines is 2. The van der Waals surface area contributed by atoms with E-state index < -0.39 is 0 Å². The summed E-state index contributed by atoms with van der Waals surface area (Å²) >= 11 is 0. The van der Waals surface area contributed by atoms with Gasteiger partial charge in [-0.3, -0.25) is 0 Å². The van der Waals surface area contributed by atoms with E-state index >= 15 is 0 Å². The number of unbranched alkanes of at least 4 members (excludes halogenated alkanes) is 30. The minimum atomic E-state index is 0.720. The van der Waals surface area contributed by atoms with Gasteiger partial charge in [-0.25, -0.2) is 19.9 Å². The summed E-state index contributed by atoms with van der Waals surface area (Å²) in [4.78, 5) is 28.5. The van der Waals surface area contributed by atoms with Crippen LogP contribution in [0.4, 0.5) is 0 Å². The topological polar surface area (TPSA) is 111 Å². The van der Waals surface area contributed by atoms with Crippen LogP contribution in [0, 0.1) is 0 Å². The van der Waals surface area contributed by atoms with Crippen molar-refractivity contribution in [1.82, 2.24) is 39.0 Å². The number of rotatable bonds is 40. The first-order valence-corrected chi connectivity index (χ1v) is 34.1. The lowest BCUT2D eigenvalue weighted by atomic mass is 10.0. The van der Waals surface area contributed by atoms with Crippen molar-refractivity contribution < 1.29 is 9.47 Å². The Bertz CT molecular complexity index is 3130. The van der Waals surface area contributed by atoms with Crippen LogP contribution in [0.2, 0.25) is 0 Å². The number of aromatic nitrogens is 8. The van der Waals surface area contributed by atoms with Gasteiger partial charge >= 0.3 is 0 Å². The smallest absolute Gasteiger partial charge is 0.143 e. The number of aryl methyl sites for hydroxylation is 2. The molecule has 0 atom stereocenters. The summed E-state index contributed by atoms with van der Waals surface area (Å²) in [5, 5.41) is 0. The van der Waals surface area contributed by atoms with Crippen LogP contribution in [-0.4, -0.2) is 52.3 Å². The first kappa shape index (κ1) is 63.6.